The number of piperazine rings is 1. The first-order valence-corrected chi connectivity index (χ1v) is 16.7. The second kappa shape index (κ2) is 17.2. The molecule has 1 fully saturated rings. The molecule has 2 aliphatic heterocycles. The molecule has 238 valence electrons. The van der Waals surface area contributed by atoms with Crippen LogP contribution in [-0.4, -0.2) is 88.6 Å². The molecule has 5 rings (SSSR count). The molecule has 0 amide bonds. The van der Waals surface area contributed by atoms with Crippen molar-refractivity contribution in [2.75, 3.05) is 45.6 Å². The number of rotatable bonds is 10. The van der Waals surface area contributed by atoms with Crippen LogP contribution in [0, 0.1) is 0 Å². The van der Waals surface area contributed by atoms with Crippen LogP contribution in [0.25, 0.3) is 0 Å². The highest BCUT2D eigenvalue weighted by Gasteiger charge is 2.30. The van der Waals surface area contributed by atoms with Crippen LogP contribution in [0.15, 0.2) is 99.6 Å². The lowest BCUT2D eigenvalue weighted by Crippen LogP contribution is -2.48. The maximum atomic E-state index is 12.2. The van der Waals surface area contributed by atoms with E-state index in [1.54, 1.807) is 24.3 Å². The fourth-order valence-electron chi connectivity index (χ4n) is 5.29. The van der Waals surface area contributed by atoms with E-state index < -0.39 is 24.0 Å². The molecule has 3 aromatic carbocycles. The van der Waals surface area contributed by atoms with Crippen LogP contribution in [0.2, 0.25) is 0 Å². The average molecular weight is 651 g/mol. The fourth-order valence-corrected chi connectivity index (χ4v) is 6.86. The number of carbonyl (C=O) groups excluding carboxylic acids is 1. The maximum absolute atomic E-state index is 12.2. The molecular formula is C34H38N2O7S2. The van der Waals surface area contributed by atoms with Crippen molar-refractivity contribution in [1.82, 2.24) is 9.80 Å². The maximum Gasteiger partial charge on any atom is 0.339 e. The van der Waals surface area contributed by atoms with E-state index in [-0.39, 0.29) is 0 Å². The van der Waals surface area contributed by atoms with Crippen LogP contribution in [0.5, 0.6) is 0 Å². The molecule has 0 aromatic heterocycles. The number of esters is 1. The topological polar surface area (TPSA) is 128 Å². The molecule has 0 saturated carbocycles. The molecule has 2 heterocycles. The summed E-state index contributed by atoms with van der Waals surface area (Å²) < 4.78 is 5.34. The van der Waals surface area contributed by atoms with Gasteiger partial charge in [0.2, 0.25) is 0 Å². The molecule has 1 saturated heterocycles. The van der Waals surface area contributed by atoms with E-state index in [9.17, 15) is 19.5 Å². The first-order valence-electron chi connectivity index (χ1n) is 14.7. The molecule has 0 radical (unpaired) electrons. The van der Waals surface area contributed by atoms with Crippen molar-refractivity contribution in [3.05, 3.63) is 102 Å². The van der Waals surface area contributed by atoms with E-state index >= 15 is 0 Å². The monoisotopic (exact) mass is 650 g/mol. The number of thioether (sulfide) groups is 1. The Balaban J connectivity index is 0.000000510. The van der Waals surface area contributed by atoms with Gasteiger partial charge in [0.1, 0.15) is 0 Å². The standard InChI is InChI=1S/C30H34N2O3S2.C4H4O4/c1-36-24-12-13-28-25(21-24)26(20-23-10-5-6-11-27(23)37-28)32-17-15-31(16-18-32)14-7-19-35-30(34)29(33)22-8-3-2-4-9-22;5-3(6)1-2-4(7)8/h2-6,8-13,21,26,29,33H,7,14-20H2,1H3;1-2H,(H,5,6)(H,7,8)/b;2-1+. The summed E-state index contributed by atoms with van der Waals surface area (Å²) in [4.78, 5) is 40.5. The van der Waals surface area contributed by atoms with Crippen molar-refractivity contribution in [1.29, 1.82) is 0 Å². The van der Waals surface area contributed by atoms with E-state index in [4.69, 9.17) is 14.9 Å². The number of nitrogens with zero attached hydrogens (tertiary/aromatic N) is 2. The fraction of sp³-hybridized carbons (Fsp3) is 0.324. The van der Waals surface area contributed by atoms with E-state index in [2.05, 4.69) is 58.5 Å². The second-order valence-electron chi connectivity index (χ2n) is 10.6. The Morgan fingerprint density at radius 2 is 1.60 bits per heavy atom. The zero-order valence-electron chi connectivity index (χ0n) is 25.1. The molecule has 0 bridgehead atoms. The van der Waals surface area contributed by atoms with Gasteiger partial charge < -0.3 is 25.0 Å². The number of fused-ring (bicyclic) bond motifs is 2. The minimum Gasteiger partial charge on any atom is -0.478 e. The zero-order chi connectivity index (χ0) is 32.2. The molecular weight excluding hydrogens is 613 g/mol. The van der Waals surface area contributed by atoms with Crippen LogP contribution >= 0.6 is 23.5 Å². The quantitative estimate of drug-likeness (QED) is 0.117. The van der Waals surface area contributed by atoms with E-state index in [0.717, 1.165) is 45.6 Å². The van der Waals surface area contributed by atoms with Gasteiger partial charge >= 0.3 is 17.9 Å². The third-order valence-corrected chi connectivity index (χ3v) is 9.53. The highest BCUT2D eigenvalue weighted by Crippen LogP contribution is 2.44. The summed E-state index contributed by atoms with van der Waals surface area (Å²) in [7, 11) is 0. The van der Waals surface area contributed by atoms with E-state index in [1.807, 2.05) is 29.6 Å². The molecule has 0 aliphatic carbocycles. The second-order valence-corrected chi connectivity index (χ2v) is 12.5. The normalized spacial score (nSPS) is 17.2. The number of carboxylic acids is 2. The van der Waals surface area contributed by atoms with Gasteiger partial charge in [-0.15, -0.1) is 11.8 Å². The minimum atomic E-state index is -1.26. The highest BCUT2D eigenvalue weighted by atomic mass is 32.2. The van der Waals surface area contributed by atoms with Crippen molar-refractivity contribution in [3.63, 3.8) is 0 Å². The van der Waals surface area contributed by atoms with Crippen molar-refractivity contribution in [2.45, 2.75) is 39.7 Å². The zero-order valence-corrected chi connectivity index (χ0v) is 26.7. The Morgan fingerprint density at radius 1 is 0.933 bits per heavy atom. The Bertz CT molecular complexity index is 1460. The molecule has 9 nitrogen and oxygen atoms in total. The van der Waals surface area contributed by atoms with Gasteiger partial charge in [-0.25, -0.2) is 14.4 Å². The lowest BCUT2D eigenvalue weighted by Gasteiger charge is -2.39. The average Bonchev–Trinajstić information content (AvgIpc) is 3.22. The predicted molar refractivity (Wildman–Crippen MR) is 175 cm³/mol. The van der Waals surface area contributed by atoms with Crippen molar-refractivity contribution in [3.8, 4) is 0 Å². The smallest absolute Gasteiger partial charge is 0.339 e. The van der Waals surface area contributed by atoms with Crippen LogP contribution in [0.4, 0.5) is 0 Å². The summed E-state index contributed by atoms with van der Waals surface area (Å²) in [6, 6.07) is 25.1. The van der Waals surface area contributed by atoms with Gasteiger partial charge in [-0.3, -0.25) is 4.90 Å². The van der Waals surface area contributed by atoms with Crippen LogP contribution in [0.1, 0.15) is 35.3 Å². The van der Waals surface area contributed by atoms with E-state index in [0.29, 0.717) is 30.4 Å². The molecule has 11 heteroatoms. The minimum absolute atomic E-state index is 0.324. The third kappa shape index (κ3) is 10.2. The largest absolute Gasteiger partial charge is 0.478 e. The summed E-state index contributed by atoms with van der Waals surface area (Å²) in [5.74, 6) is -3.09. The third-order valence-electron chi connectivity index (χ3n) is 7.60. The summed E-state index contributed by atoms with van der Waals surface area (Å²) in [5, 5.41) is 25.8. The number of aliphatic carboxylic acids is 2. The van der Waals surface area contributed by atoms with Crippen LogP contribution in [0.3, 0.4) is 0 Å². The van der Waals surface area contributed by atoms with Gasteiger partial charge in [0, 0.05) is 65.6 Å². The van der Waals surface area contributed by atoms with Crippen molar-refractivity contribution >= 4 is 41.4 Å². The molecule has 2 aliphatic rings. The Morgan fingerprint density at radius 3 is 2.27 bits per heavy atom. The summed E-state index contributed by atoms with van der Waals surface area (Å²) in [5.41, 5.74) is 3.45. The van der Waals surface area contributed by atoms with Gasteiger partial charge in [-0.05, 0) is 60.1 Å². The first kappa shape index (κ1) is 34.3. The Labute approximate surface area is 271 Å². The molecule has 2 unspecified atom stereocenters. The van der Waals surface area contributed by atoms with Crippen molar-refractivity contribution in [2.24, 2.45) is 0 Å². The molecule has 2 atom stereocenters. The Kier molecular flexibility index (Phi) is 13.1. The lowest BCUT2D eigenvalue weighted by molar-refractivity contribution is -0.154. The predicted octanol–water partition coefficient (Wildman–Crippen LogP) is 5.15. The first-order chi connectivity index (χ1) is 21.7. The van der Waals surface area contributed by atoms with Crippen molar-refractivity contribution < 1.29 is 34.4 Å². The number of hydrogen-bond acceptors (Lipinski definition) is 9. The highest BCUT2D eigenvalue weighted by molar-refractivity contribution is 7.99. The summed E-state index contributed by atoms with van der Waals surface area (Å²) in [6.07, 6.45) is 3.84. The number of aliphatic hydroxyl groups is 1. The van der Waals surface area contributed by atoms with Crippen LogP contribution < -0.4 is 0 Å². The molecule has 3 aromatic rings. The Hall–Kier alpha value is -3.61. The van der Waals surface area contributed by atoms with Crippen LogP contribution in [-0.2, 0) is 25.5 Å². The van der Waals surface area contributed by atoms with Gasteiger partial charge in [0.25, 0.3) is 0 Å². The van der Waals surface area contributed by atoms with Gasteiger partial charge in [-0.1, -0.05) is 60.3 Å². The summed E-state index contributed by atoms with van der Waals surface area (Å²) >= 11 is 3.71. The number of carboxylic acid groups (broad SMARTS) is 2. The molecule has 0 spiro atoms. The van der Waals surface area contributed by atoms with Gasteiger partial charge in [0.05, 0.1) is 6.61 Å². The number of aliphatic hydroxyl groups excluding tert-OH is 1. The SMILES string of the molecule is CSc1ccc2c(c1)C(N1CCN(CCCOC(=O)C(O)c3ccccc3)CC1)Cc1ccccc1S2.O=C(O)/C=C/C(=O)O. The van der Waals surface area contributed by atoms with E-state index in [1.165, 1.54) is 25.8 Å². The van der Waals surface area contributed by atoms with Gasteiger partial charge in [-0.2, -0.15) is 0 Å². The lowest BCUT2D eigenvalue weighted by atomic mass is 9.96. The van der Waals surface area contributed by atoms with Gasteiger partial charge in [0.15, 0.2) is 6.10 Å². The number of hydrogen-bond donors (Lipinski definition) is 3. The number of ether oxygens (including phenoxy) is 1. The summed E-state index contributed by atoms with van der Waals surface area (Å²) in [6.45, 7) is 5.26. The number of carbonyl (C=O) groups is 3. The molecule has 3 N–H and O–H groups in total. The molecule has 45 heavy (non-hydrogen) atoms. The number of benzene rings is 3.